The second kappa shape index (κ2) is 5.05. The van der Waals surface area contributed by atoms with E-state index in [1.165, 1.54) is 7.11 Å². The Balaban J connectivity index is 2.20. The molecule has 0 aliphatic carbocycles. The predicted octanol–water partition coefficient (Wildman–Crippen LogP) is 1.26. The van der Waals surface area contributed by atoms with Crippen LogP contribution in [0.4, 0.5) is 0 Å². The van der Waals surface area contributed by atoms with Gasteiger partial charge in [-0.25, -0.2) is 4.79 Å². The predicted molar refractivity (Wildman–Crippen MR) is 59.6 cm³/mol. The molecule has 1 aliphatic heterocycles. The fourth-order valence-corrected chi connectivity index (χ4v) is 1.63. The van der Waals surface area contributed by atoms with Crippen LogP contribution in [-0.4, -0.2) is 39.5 Å². The van der Waals surface area contributed by atoms with Crippen LogP contribution in [0.25, 0.3) is 0 Å². The van der Waals surface area contributed by atoms with Gasteiger partial charge in [-0.15, -0.1) is 0 Å². The minimum Gasteiger partial charge on any atom is -0.486 e. The average molecular weight is 238 g/mol. The maximum atomic E-state index is 11.4. The summed E-state index contributed by atoms with van der Waals surface area (Å²) in [5.41, 5.74) is 0.438. The Hall–Kier alpha value is -1.75. The molecule has 1 atom stereocenters. The zero-order chi connectivity index (χ0) is 12.3. The number of fused-ring (bicyclic) bond motifs is 1. The standard InChI is InChI=1S/C12H14O5/c1-14-6-9-7-16-10-4-3-8(12(13)15-2)5-11(10)17-9/h3-5,9H,6-7H2,1-2H3. The van der Waals surface area contributed by atoms with Crippen LogP contribution in [-0.2, 0) is 9.47 Å². The minimum absolute atomic E-state index is 0.152. The van der Waals surface area contributed by atoms with Crippen molar-refractivity contribution >= 4 is 5.97 Å². The first-order chi connectivity index (χ1) is 8.24. The Morgan fingerprint density at radius 2 is 2.24 bits per heavy atom. The summed E-state index contributed by atoms with van der Waals surface area (Å²) in [5.74, 6) is 0.775. The summed E-state index contributed by atoms with van der Waals surface area (Å²) in [6.07, 6.45) is -0.152. The zero-order valence-corrected chi connectivity index (χ0v) is 9.76. The highest BCUT2D eigenvalue weighted by atomic mass is 16.6. The van der Waals surface area contributed by atoms with Crippen molar-refractivity contribution in [2.45, 2.75) is 6.10 Å². The van der Waals surface area contributed by atoms with Crippen molar-refractivity contribution in [1.29, 1.82) is 0 Å². The van der Waals surface area contributed by atoms with Crippen molar-refractivity contribution in [2.75, 3.05) is 27.4 Å². The number of carbonyl (C=O) groups is 1. The highest BCUT2D eigenvalue weighted by Gasteiger charge is 2.22. The fraction of sp³-hybridized carbons (Fsp3) is 0.417. The third kappa shape index (κ3) is 2.50. The Labute approximate surface area is 99.2 Å². The number of rotatable bonds is 3. The number of ether oxygens (including phenoxy) is 4. The molecule has 5 heteroatoms. The molecule has 0 aromatic heterocycles. The molecule has 0 bridgehead atoms. The van der Waals surface area contributed by atoms with Gasteiger partial charge in [-0.2, -0.15) is 0 Å². The molecule has 1 aliphatic rings. The van der Waals surface area contributed by atoms with Gasteiger partial charge in [0.2, 0.25) is 0 Å². The monoisotopic (exact) mass is 238 g/mol. The normalized spacial score (nSPS) is 17.6. The van der Waals surface area contributed by atoms with Gasteiger partial charge in [-0.3, -0.25) is 0 Å². The molecule has 1 aromatic carbocycles. The molecular weight excluding hydrogens is 224 g/mol. The number of benzene rings is 1. The molecule has 17 heavy (non-hydrogen) atoms. The van der Waals surface area contributed by atoms with E-state index in [9.17, 15) is 4.79 Å². The minimum atomic E-state index is -0.398. The highest BCUT2D eigenvalue weighted by Crippen LogP contribution is 2.32. The van der Waals surface area contributed by atoms with E-state index >= 15 is 0 Å². The SMILES string of the molecule is COCC1COc2ccc(C(=O)OC)cc2O1. The first kappa shape index (κ1) is 11.7. The van der Waals surface area contributed by atoms with Gasteiger partial charge in [0.25, 0.3) is 0 Å². The molecule has 2 rings (SSSR count). The lowest BCUT2D eigenvalue weighted by Gasteiger charge is -2.26. The lowest BCUT2D eigenvalue weighted by atomic mass is 10.2. The number of carbonyl (C=O) groups excluding carboxylic acids is 1. The van der Waals surface area contributed by atoms with Gasteiger partial charge in [0, 0.05) is 7.11 Å². The van der Waals surface area contributed by atoms with Gasteiger partial charge in [-0.1, -0.05) is 0 Å². The molecule has 0 radical (unpaired) electrons. The van der Waals surface area contributed by atoms with E-state index in [0.717, 1.165) is 0 Å². The molecule has 0 spiro atoms. The quantitative estimate of drug-likeness (QED) is 0.742. The Morgan fingerprint density at radius 1 is 1.41 bits per heavy atom. The molecule has 0 N–H and O–H groups in total. The van der Waals surface area contributed by atoms with Crippen molar-refractivity contribution in [1.82, 2.24) is 0 Å². The van der Waals surface area contributed by atoms with E-state index in [0.29, 0.717) is 30.3 Å². The largest absolute Gasteiger partial charge is 0.486 e. The Kier molecular flexibility index (Phi) is 3.49. The smallest absolute Gasteiger partial charge is 0.337 e. The first-order valence-electron chi connectivity index (χ1n) is 5.25. The summed E-state index contributed by atoms with van der Waals surface area (Å²) in [5, 5.41) is 0. The van der Waals surface area contributed by atoms with Gasteiger partial charge in [0.1, 0.15) is 6.61 Å². The van der Waals surface area contributed by atoms with Crippen LogP contribution in [0.3, 0.4) is 0 Å². The van der Waals surface area contributed by atoms with E-state index in [2.05, 4.69) is 4.74 Å². The molecular formula is C12H14O5. The zero-order valence-electron chi connectivity index (χ0n) is 9.76. The number of esters is 1. The lowest BCUT2D eigenvalue weighted by Crippen LogP contribution is -2.33. The number of hydrogen-bond donors (Lipinski definition) is 0. The number of methoxy groups -OCH3 is 2. The van der Waals surface area contributed by atoms with E-state index < -0.39 is 5.97 Å². The van der Waals surface area contributed by atoms with Gasteiger partial charge >= 0.3 is 5.97 Å². The highest BCUT2D eigenvalue weighted by molar-refractivity contribution is 5.90. The first-order valence-corrected chi connectivity index (χ1v) is 5.25. The van der Waals surface area contributed by atoms with Gasteiger partial charge in [0.15, 0.2) is 17.6 Å². The topological polar surface area (TPSA) is 54.0 Å². The van der Waals surface area contributed by atoms with Gasteiger partial charge in [-0.05, 0) is 18.2 Å². The van der Waals surface area contributed by atoms with E-state index in [4.69, 9.17) is 14.2 Å². The summed E-state index contributed by atoms with van der Waals surface area (Å²) in [6, 6.07) is 4.96. The van der Waals surface area contributed by atoms with Crippen LogP contribution in [0.15, 0.2) is 18.2 Å². The third-order valence-electron chi connectivity index (χ3n) is 2.44. The van der Waals surface area contributed by atoms with Crippen LogP contribution in [0.2, 0.25) is 0 Å². The maximum absolute atomic E-state index is 11.4. The molecule has 1 aromatic rings. The third-order valence-corrected chi connectivity index (χ3v) is 2.44. The van der Waals surface area contributed by atoms with E-state index in [1.807, 2.05) is 0 Å². The van der Waals surface area contributed by atoms with Crippen LogP contribution < -0.4 is 9.47 Å². The molecule has 0 amide bonds. The second-order valence-electron chi connectivity index (χ2n) is 3.66. The summed E-state index contributed by atoms with van der Waals surface area (Å²) in [6.45, 7) is 0.889. The summed E-state index contributed by atoms with van der Waals surface area (Å²) < 4.78 is 20.8. The van der Waals surface area contributed by atoms with Crippen molar-refractivity contribution in [3.8, 4) is 11.5 Å². The molecule has 1 unspecified atom stereocenters. The van der Waals surface area contributed by atoms with Crippen LogP contribution in [0, 0.1) is 0 Å². The number of hydrogen-bond acceptors (Lipinski definition) is 5. The summed E-state index contributed by atoms with van der Waals surface area (Å²) in [7, 11) is 2.94. The average Bonchev–Trinajstić information content (AvgIpc) is 2.37. The van der Waals surface area contributed by atoms with Crippen LogP contribution in [0.1, 0.15) is 10.4 Å². The van der Waals surface area contributed by atoms with Crippen molar-refractivity contribution in [3.63, 3.8) is 0 Å². The van der Waals surface area contributed by atoms with E-state index in [1.54, 1.807) is 25.3 Å². The summed E-state index contributed by atoms with van der Waals surface area (Å²) >= 11 is 0. The molecule has 1 heterocycles. The summed E-state index contributed by atoms with van der Waals surface area (Å²) in [4.78, 5) is 11.4. The molecule has 0 fully saturated rings. The molecule has 5 nitrogen and oxygen atoms in total. The fourth-order valence-electron chi connectivity index (χ4n) is 1.63. The van der Waals surface area contributed by atoms with Crippen molar-refractivity contribution in [3.05, 3.63) is 23.8 Å². The Bertz CT molecular complexity index is 415. The van der Waals surface area contributed by atoms with Crippen LogP contribution >= 0.6 is 0 Å². The van der Waals surface area contributed by atoms with Crippen molar-refractivity contribution < 1.29 is 23.7 Å². The van der Waals surface area contributed by atoms with Gasteiger partial charge < -0.3 is 18.9 Å². The van der Waals surface area contributed by atoms with E-state index in [-0.39, 0.29) is 6.10 Å². The maximum Gasteiger partial charge on any atom is 0.337 e. The molecule has 92 valence electrons. The lowest BCUT2D eigenvalue weighted by molar-refractivity contribution is 0.0270. The molecule has 0 saturated heterocycles. The van der Waals surface area contributed by atoms with Crippen molar-refractivity contribution in [2.24, 2.45) is 0 Å². The Morgan fingerprint density at radius 3 is 2.94 bits per heavy atom. The molecule has 0 saturated carbocycles. The van der Waals surface area contributed by atoms with Crippen LogP contribution in [0.5, 0.6) is 11.5 Å². The van der Waals surface area contributed by atoms with Gasteiger partial charge in [0.05, 0.1) is 19.3 Å². The second-order valence-corrected chi connectivity index (χ2v) is 3.66.